The smallest absolute Gasteiger partial charge is 0.338 e. The van der Waals surface area contributed by atoms with E-state index in [1.54, 1.807) is 0 Å². The molecule has 2 heteroatoms. The molecule has 1 saturated carbocycles. The highest BCUT2D eigenvalue weighted by molar-refractivity contribution is 5.73. The summed E-state index contributed by atoms with van der Waals surface area (Å²) in [7, 11) is 4.17. The molecule has 1 aliphatic carbocycles. The van der Waals surface area contributed by atoms with Crippen LogP contribution in [-0.4, -0.2) is 31.2 Å². The van der Waals surface area contributed by atoms with E-state index >= 15 is 0 Å². The molecule has 0 N–H and O–H groups in total. The van der Waals surface area contributed by atoms with Gasteiger partial charge in [0.1, 0.15) is 14.1 Å². The molecule has 0 aromatic heterocycles. The summed E-state index contributed by atoms with van der Waals surface area (Å²) in [5.41, 5.74) is 0. The molecule has 0 heterocycles. The first kappa shape index (κ1) is 10.6. The van der Waals surface area contributed by atoms with E-state index in [2.05, 4.69) is 25.6 Å². The third-order valence-electron chi connectivity index (χ3n) is 2.69. The second kappa shape index (κ2) is 5.25. The largest absolute Gasteiger partial charge is 0.448 e. The van der Waals surface area contributed by atoms with Crippen LogP contribution in [0.3, 0.4) is 0 Å². The molecule has 0 atom stereocenters. The quantitative estimate of drug-likeness (QED) is 0.364. The van der Waals surface area contributed by atoms with E-state index in [9.17, 15) is 0 Å². The van der Waals surface area contributed by atoms with Crippen molar-refractivity contribution in [1.29, 1.82) is 0 Å². The highest BCUT2D eigenvalue weighted by Gasteiger charge is 2.25. The zero-order valence-corrected chi connectivity index (χ0v) is 9.18. The highest BCUT2D eigenvalue weighted by atomic mass is 16.5. The van der Waals surface area contributed by atoms with Gasteiger partial charge in [-0.15, -0.1) is 0 Å². The molecule has 0 radical (unpaired) electrons. The van der Waals surface area contributed by atoms with Crippen LogP contribution in [0.25, 0.3) is 0 Å². The lowest BCUT2D eigenvalue weighted by atomic mass is 9.89. The van der Waals surface area contributed by atoms with Crippen LogP contribution in [0.4, 0.5) is 0 Å². The second-order valence-electron chi connectivity index (χ2n) is 4.00. The Morgan fingerprint density at radius 3 is 2.31 bits per heavy atom. The SMILES string of the molecule is CCOC(C1CCCCC1)=[N+](C)C. The predicted molar refractivity (Wildman–Crippen MR) is 55.3 cm³/mol. The van der Waals surface area contributed by atoms with Crippen LogP contribution in [-0.2, 0) is 4.74 Å². The van der Waals surface area contributed by atoms with E-state index in [-0.39, 0.29) is 0 Å². The van der Waals surface area contributed by atoms with Crippen LogP contribution in [0.2, 0.25) is 0 Å². The molecule has 1 rings (SSSR count). The number of hydrogen-bond acceptors (Lipinski definition) is 1. The Morgan fingerprint density at radius 2 is 1.85 bits per heavy atom. The average Bonchev–Trinajstić information content (AvgIpc) is 2.15. The van der Waals surface area contributed by atoms with Gasteiger partial charge in [-0.25, -0.2) is 4.58 Å². The fourth-order valence-corrected chi connectivity index (χ4v) is 2.11. The van der Waals surface area contributed by atoms with Gasteiger partial charge in [-0.3, -0.25) is 0 Å². The first-order chi connectivity index (χ1) is 6.25. The van der Waals surface area contributed by atoms with Gasteiger partial charge >= 0.3 is 5.90 Å². The van der Waals surface area contributed by atoms with Crippen LogP contribution >= 0.6 is 0 Å². The minimum absolute atomic E-state index is 0.684. The van der Waals surface area contributed by atoms with Gasteiger partial charge in [-0.2, -0.15) is 0 Å². The maximum atomic E-state index is 5.69. The second-order valence-corrected chi connectivity index (χ2v) is 4.00. The maximum absolute atomic E-state index is 5.69. The Kier molecular flexibility index (Phi) is 4.26. The van der Waals surface area contributed by atoms with Crippen molar-refractivity contribution in [2.45, 2.75) is 39.0 Å². The van der Waals surface area contributed by atoms with Crippen LogP contribution in [0.15, 0.2) is 0 Å². The Bertz CT molecular complexity index is 177. The molecule has 76 valence electrons. The van der Waals surface area contributed by atoms with Crippen molar-refractivity contribution in [1.82, 2.24) is 0 Å². The molecule has 1 aliphatic rings. The summed E-state index contributed by atoms with van der Waals surface area (Å²) in [5, 5.41) is 0. The van der Waals surface area contributed by atoms with Gasteiger partial charge in [0.25, 0.3) is 0 Å². The monoisotopic (exact) mass is 184 g/mol. The number of hydrogen-bond donors (Lipinski definition) is 0. The number of ether oxygens (including phenoxy) is 1. The summed E-state index contributed by atoms with van der Waals surface area (Å²) in [6.07, 6.45) is 6.77. The molecular formula is C11H22NO+. The summed E-state index contributed by atoms with van der Waals surface area (Å²) >= 11 is 0. The topological polar surface area (TPSA) is 12.2 Å². The van der Waals surface area contributed by atoms with Crippen molar-refractivity contribution >= 4 is 5.90 Å². The number of rotatable bonds is 2. The lowest BCUT2D eigenvalue weighted by Gasteiger charge is -2.20. The van der Waals surface area contributed by atoms with Gasteiger partial charge in [0, 0.05) is 0 Å². The van der Waals surface area contributed by atoms with Crippen molar-refractivity contribution in [2.75, 3.05) is 20.7 Å². The normalized spacial score (nSPS) is 18.4. The van der Waals surface area contributed by atoms with Crippen molar-refractivity contribution in [3.63, 3.8) is 0 Å². The standard InChI is InChI=1S/C11H22NO/c1-4-13-11(12(2)3)10-8-6-5-7-9-10/h10H,4-9H2,1-3H3/q+1. The molecule has 0 bridgehead atoms. The van der Waals surface area contributed by atoms with Crippen molar-refractivity contribution in [3.05, 3.63) is 0 Å². The summed E-state index contributed by atoms with van der Waals surface area (Å²) < 4.78 is 7.82. The maximum Gasteiger partial charge on any atom is 0.338 e. The molecule has 1 fully saturated rings. The van der Waals surface area contributed by atoms with Crippen LogP contribution in [0, 0.1) is 5.92 Å². The third-order valence-corrected chi connectivity index (χ3v) is 2.69. The first-order valence-electron chi connectivity index (χ1n) is 5.42. The zero-order chi connectivity index (χ0) is 9.68. The van der Waals surface area contributed by atoms with Gasteiger partial charge in [-0.05, 0) is 19.8 Å². The van der Waals surface area contributed by atoms with Crippen molar-refractivity contribution in [3.8, 4) is 0 Å². The Labute approximate surface area is 81.6 Å². The summed E-state index contributed by atoms with van der Waals surface area (Å²) in [4.78, 5) is 0. The van der Waals surface area contributed by atoms with E-state index in [1.165, 1.54) is 38.0 Å². The fraction of sp³-hybridized carbons (Fsp3) is 0.909. The zero-order valence-electron chi connectivity index (χ0n) is 9.18. The molecule has 0 spiro atoms. The van der Waals surface area contributed by atoms with Crippen LogP contribution in [0.5, 0.6) is 0 Å². The summed E-state index contributed by atoms with van der Waals surface area (Å²) in [6, 6.07) is 0. The lowest BCUT2D eigenvalue weighted by molar-refractivity contribution is -0.477. The van der Waals surface area contributed by atoms with Crippen molar-refractivity contribution < 1.29 is 9.31 Å². The molecular weight excluding hydrogens is 162 g/mol. The third kappa shape index (κ3) is 3.02. The minimum atomic E-state index is 0.684. The van der Waals surface area contributed by atoms with Gasteiger partial charge in [0.2, 0.25) is 0 Å². The molecule has 0 unspecified atom stereocenters. The van der Waals surface area contributed by atoms with E-state index in [0.717, 1.165) is 6.61 Å². The van der Waals surface area contributed by atoms with Gasteiger partial charge in [0.05, 0.1) is 12.5 Å². The fourth-order valence-electron chi connectivity index (χ4n) is 2.11. The highest BCUT2D eigenvalue weighted by Crippen LogP contribution is 2.24. The molecule has 0 aliphatic heterocycles. The van der Waals surface area contributed by atoms with Gasteiger partial charge in [0.15, 0.2) is 0 Å². The molecule has 0 amide bonds. The summed E-state index contributed by atoms with van der Waals surface area (Å²) in [5.74, 6) is 1.88. The molecule has 0 saturated heterocycles. The van der Waals surface area contributed by atoms with Crippen LogP contribution < -0.4 is 0 Å². The van der Waals surface area contributed by atoms with Crippen LogP contribution in [0.1, 0.15) is 39.0 Å². The number of nitrogens with zero attached hydrogens (tertiary/aromatic N) is 1. The Balaban J connectivity index is 2.58. The molecule has 2 nitrogen and oxygen atoms in total. The van der Waals surface area contributed by atoms with E-state index in [0.29, 0.717) is 5.92 Å². The Morgan fingerprint density at radius 1 is 1.23 bits per heavy atom. The predicted octanol–water partition coefficient (Wildman–Crippen LogP) is 2.27. The van der Waals surface area contributed by atoms with E-state index in [1.807, 2.05) is 0 Å². The Hall–Kier alpha value is -0.530. The average molecular weight is 184 g/mol. The van der Waals surface area contributed by atoms with Crippen molar-refractivity contribution in [2.24, 2.45) is 5.92 Å². The minimum Gasteiger partial charge on any atom is -0.448 e. The molecule has 13 heavy (non-hydrogen) atoms. The van der Waals surface area contributed by atoms with Gasteiger partial charge in [-0.1, -0.05) is 19.3 Å². The molecule has 0 aromatic rings. The first-order valence-corrected chi connectivity index (χ1v) is 5.42. The van der Waals surface area contributed by atoms with E-state index < -0.39 is 0 Å². The lowest BCUT2D eigenvalue weighted by Crippen LogP contribution is -2.28. The van der Waals surface area contributed by atoms with Gasteiger partial charge < -0.3 is 4.74 Å². The molecule has 0 aromatic carbocycles. The summed E-state index contributed by atoms with van der Waals surface area (Å²) in [6.45, 7) is 2.86. The van der Waals surface area contributed by atoms with E-state index in [4.69, 9.17) is 4.74 Å².